The smallest absolute Gasteiger partial charge is 0.346 e. The molecule has 0 spiro atoms. The highest BCUT2D eigenvalue weighted by atomic mass is 16.6. The van der Waals surface area contributed by atoms with Crippen molar-refractivity contribution in [2.24, 2.45) is 0 Å². The standard InChI is InChI=1S/C19H32O4/c1-4-5-6-7-8-9-10-11-12-13-14-22-15-16-17(20)19(2,3)23-18(16)21/h15H,4-14H2,1-3H3. The predicted molar refractivity (Wildman–Crippen MR) is 91.1 cm³/mol. The zero-order valence-electron chi connectivity index (χ0n) is 15.0. The van der Waals surface area contributed by atoms with Crippen molar-refractivity contribution >= 4 is 11.8 Å². The van der Waals surface area contributed by atoms with Crippen molar-refractivity contribution in [3.05, 3.63) is 11.8 Å². The van der Waals surface area contributed by atoms with E-state index in [0.29, 0.717) is 6.61 Å². The highest BCUT2D eigenvalue weighted by molar-refractivity contribution is 6.24. The summed E-state index contributed by atoms with van der Waals surface area (Å²) in [5.41, 5.74) is -1.02. The Bertz CT molecular complexity index is 410. The summed E-state index contributed by atoms with van der Waals surface area (Å²) >= 11 is 0. The molecular weight excluding hydrogens is 292 g/mol. The third-order valence-electron chi connectivity index (χ3n) is 4.18. The molecule has 4 heteroatoms. The summed E-state index contributed by atoms with van der Waals surface area (Å²) in [6, 6.07) is 0. The summed E-state index contributed by atoms with van der Waals surface area (Å²) in [6.45, 7) is 5.97. The molecule has 0 aromatic rings. The van der Waals surface area contributed by atoms with E-state index in [1.165, 1.54) is 57.6 Å². The fourth-order valence-electron chi connectivity index (χ4n) is 2.67. The second-order valence-electron chi connectivity index (χ2n) is 6.81. The van der Waals surface area contributed by atoms with E-state index in [0.717, 1.165) is 12.8 Å². The Hall–Kier alpha value is -1.32. The summed E-state index contributed by atoms with van der Waals surface area (Å²) in [5.74, 6) is -0.881. The molecule has 1 saturated heterocycles. The Morgan fingerprint density at radius 3 is 1.91 bits per heavy atom. The summed E-state index contributed by atoms with van der Waals surface area (Å²) < 4.78 is 10.3. The van der Waals surface area contributed by atoms with Crippen LogP contribution in [0.15, 0.2) is 11.8 Å². The van der Waals surface area contributed by atoms with Gasteiger partial charge in [-0.25, -0.2) is 4.79 Å². The second kappa shape index (κ2) is 10.5. The van der Waals surface area contributed by atoms with E-state index in [1.54, 1.807) is 13.8 Å². The minimum absolute atomic E-state index is 0.0297. The summed E-state index contributed by atoms with van der Waals surface area (Å²) in [4.78, 5) is 23.4. The van der Waals surface area contributed by atoms with Gasteiger partial charge in [0.05, 0.1) is 6.61 Å². The molecule has 4 nitrogen and oxygen atoms in total. The normalized spacial score (nSPS) is 18.5. The van der Waals surface area contributed by atoms with Crippen LogP contribution in [0.1, 0.15) is 85.0 Å². The molecule has 0 radical (unpaired) electrons. The SMILES string of the molecule is CCCCCCCCCCCCOC=C1C(=O)OC(C)(C)C1=O. The maximum absolute atomic E-state index is 11.9. The summed E-state index contributed by atoms with van der Waals surface area (Å²) in [5, 5.41) is 0. The lowest BCUT2D eigenvalue weighted by atomic mass is 10.0. The van der Waals surface area contributed by atoms with Gasteiger partial charge in [0.15, 0.2) is 5.60 Å². The minimum Gasteiger partial charge on any atom is -0.500 e. The van der Waals surface area contributed by atoms with E-state index in [-0.39, 0.29) is 11.4 Å². The van der Waals surface area contributed by atoms with Crippen LogP contribution >= 0.6 is 0 Å². The van der Waals surface area contributed by atoms with Crippen molar-refractivity contribution in [3.8, 4) is 0 Å². The summed E-state index contributed by atoms with van der Waals surface area (Å²) in [6.07, 6.45) is 13.9. The van der Waals surface area contributed by atoms with Gasteiger partial charge in [0.1, 0.15) is 11.8 Å². The van der Waals surface area contributed by atoms with Gasteiger partial charge in [-0.05, 0) is 20.3 Å². The Morgan fingerprint density at radius 2 is 1.43 bits per heavy atom. The molecule has 0 bridgehead atoms. The Kier molecular flexibility index (Phi) is 8.97. The van der Waals surface area contributed by atoms with Crippen molar-refractivity contribution in [2.75, 3.05) is 6.61 Å². The highest BCUT2D eigenvalue weighted by Gasteiger charge is 2.45. The number of hydrogen-bond donors (Lipinski definition) is 0. The molecule has 0 atom stereocenters. The fraction of sp³-hybridized carbons (Fsp3) is 0.789. The van der Waals surface area contributed by atoms with Gasteiger partial charge >= 0.3 is 5.97 Å². The minimum atomic E-state index is -1.05. The number of carbonyl (C=O) groups excluding carboxylic acids is 2. The molecule has 0 saturated carbocycles. The molecule has 23 heavy (non-hydrogen) atoms. The van der Waals surface area contributed by atoms with Gasteiger partial charge in [-0.15, -0.1) is 0 Å². The molecule has 0 amide bonds. The first-order valence-electron chi connectivity index (χ1n) is 9.09. The fourth-order valence-corrected chi connectivity index (χ4v) is 2.67. The van der Waals surface area contributed by atoms with Crippen molar-refractivity contribution < 1.29 is 19.1 Å². The first-order valence-corrected chi connectivity index (χ1v) is 9.09. The summed E-state index contributed by atoms with van der Waals surface area (Å²) in [7, 11) is 0. The second-order valence-corrected chi connectivity index (χ2v) is 6.81. The van der Waals surface area contributed by atoms with Gasteiger partial charge in [0.2, 0.25) is 5.78 Å². The van der Waals surface area contributed by atoms with E-state index < -0.39 is 11.6 Å². The van der Waals surface area contributed by atoms with E-state index in [9.17, 15) is 9.59 Å². The molecule has 1 aliphatic heterocycles. The van der Waals surface area contributed by atoms with Crippen LogP contribution in [0, 0.1) is 0 Å². The molecule has 0 aromatic heterocycles. The molecule has 0 aliphatic carbocycles. The van der Waals surface area contributed by atoms with Crippen LogP contribution in [0.5, 0.6) is 0 Å². The Morgan fingerprint density at radius 1 is 0.913 bits per heavy atom. The maximum Gasteiger partial charge on any atom is 0.346 e. The third kappa shape index (κ3) is 7.19. The van der Waals surface area contributed by atoms with Crippen LogP contribution in [-0.4, -0.2) is 24.0 Å². The van der Waals surface area contributed by atoms with E-state index in [1.807, 2.05) is 0 Å². The molecule has 0 unspecified atom stereocenters. The largest absolute Gasteiger partial charge is 0.500 e. The molecule has 0 N–H and O–H groups in total. The average Bonchev–Trinajstić information content (AvgIpc) is 2.69. The van der Waals surface area contributed by atoms with Gasteiger partial charge in [0, 0.05) is 0 Å². The van der Waals surface area contributed by atoms with Crippen LogP contribution in [0.3, 0.4) is 0 Å². The molecule has 1 rings (SSSR count). The number of rotatable bonds is 12. The Balaban J connectivity index is 2.01. The lowest BCUT2D eigenvalue weighted by Crippen LogP contribution is -2.27. The quantitative estimate of drug-likeness (QED) is 0.171. The maximum atomic E-state index is 11.9. The Labute approximate surface area is 140 Å². The van der Waals surface area contributed by atoms with Gasteiger partial charge in [0.25, 0.3) is 0 Å². The number of esters is 1. The van der Waals surface area contributed by atoms with Crippen LogP contribution in [-0.2, 0) is 19.1 Å². The zero-order chi connectivity index (χ0) is 17.1. The van der Waals surface area contributed by atoms with Gasteiger partial charge in [-0.1, -0.05) is 64.7 Å². The number of cyclic esters (lactones) is 1. The van der Waals surface area contributed by atoms with Crippen molar-refractivity contribution in [1.29, 1.82) is 0 Å². The van der Waals surface area contributed by atoms with Gasteiger partial charge in [-0.2, -0.15) is 0 Å². The van der Waals surface area contributed by atoms with Crippen LogP contribution in [0.25, 0.3) is 0 Å². The first kappa shape index (κ1) is 19.7. The number of Topliss-reactive ketones (excluding diaryl/α,β-unsaturated/α-hetero) is 1. The van der Waals surface area contributed by atoms with Crippen LogP contribution < -0.4 is 0 Å². The molecule has 1 aliphatic rings. The van der Waals surface area contributed by atoms with E-state index in [4.69, 9.17) is 9.47 Å². The van der Waals surface area contributed by atoms with Gasteiger partial charge in [-0.3, -0.25) is 4.79 Å². The van der Waals surface area contributed by atoms with Crippen LogP contribution in [0.4, 0.5) is 0 Å². The molecular formula is C19H32O4. The zero-order valence-corrected chi connectivity index (χ0v) is 15.0. The number of ether oxygens (including phenoxy) is 2. The molecule has 0 aromatic carbocycles. The van der Waals surface area contributed by atoms with Crippen molar-refractivity contribution in [3.63, 3.8) is 0 Å². The number of carbonyl (C=O) groups is 2. The number of unbranched alkanes of at least 4 members (excludes halogenated alkanes) is 9. The monoisotopic (exact) mass is 324 g/mol. The highest BCUT2D eigenvalue weighted by Crippen LogP contribution is 2.26. The average molecular weight is 324 g/mol. The van der Waals surface area contributed by atoms with Crippen LogP contribution in [0.2, 0.25) is 0 Å². The molecule has 1 fully saturated rings. The molecule has 132 valence electrons. The third-order valence-corrected chi connectivity index (χ3v) is 4.18. The number of hydrogen-bond acceptors (Lipinski definition) is 4. The lowest BCUT2D eigenvalue weighted by Gasteiger charge is -2.11. The van der Waals surface area contributed by atoms with Gasteiger partial charge < -0.3 is 9.47 Å². The van der Waals surface area contributed by atoms with Crippen molar-refractivity contribution in [1.82, 2.24) is 0 Å². The van der Waals surface area contributed by atoms with E-state index >= 15 is 0 Å². The number of ketones is 1. The molecule has 1 heterocycles. The van der Waals surface area contributed by atoms with Crippen molar-refractivity contribution in [2.45, 2.75) is 90.6 Å². The topological polar surface area (TPSA) is 52.6 Å². The first-order chi connectivity index (χ1) is 11.0. The lowest BCUT2D eigenvalue weighted by molar-refractivity contribution is -0.147. The van der Waals surface area contributed by atoms with E-state index in [2.05, 4.69) is 6.92 Å². The predicted octanol–water partition coefficient (Wildman–Crippen LogP) is 4.71.